The minimum atomic E-state index is -0.664. The van der Waals surface area contributed by atoms with Crippen LogP contribution in [0, 0.1) is 12.8 Å². The number of nitrogens with one attached hydrogen (secondary N) is 2. The Kier molecular flexibility index (Phi) is 7.08. The SMILES string of the molecule is Cc1ccc(C(=O)OCC(=O)NC(=O)NCCC(C)C)cc1. The number of benzene rings is 1. The summed E-state index contributed by atoms with van der Waals surface area (Å²) in [7, 11) is 0. The molecule has 22 heavy (non-hydrogen) atoms. The minimum Gasteiger partial charge on any atom is -0.452 e. The third-order valence-electron chi connectivity index (χ3n) is 2.88. The van der Waals surface area contributed by atoms with E-state index in [4.69, 9.17) is 4.74 Å². The molecule has 0 fully saturated rings. The van der Waals surface area contributed by atoms with Gasteiger partial charge in [-0.3, -0.25) is 10.1 Å². The van der Waals surface area contributed by atoms with Crippen LogP contribution in [0.5, 0.6) is 0 Å². The van der Waals surface area contributed by atoms with Crippen molar-refractivity contribution in [3.63, 3.8) is 0 Å². The molecule has 0 bridgehead atoms. The number of imide groups is 1. The van der Waals surface area contributed by atoms with Crippen molar-refractivity contribution in [3.8, 4) is 0 Å². The summed E-state index contributed by atoms with van der Waals surface area (Å²) in [5.41, 5.74) is 1.38. The summed E-state index contributed by atoms with van der Waals surface area (Å²) >= 11 is 0. The Morgan fingerprint density at radius 3 is 2.36 bits per heavy atom. The molecule has 0 atom stereocenters. The molecule has 2 N–H and O–H groups in total. The van der Waals surface area contributed by atoms with Crippen LogP contribution in [0.3, 0.4) is 0 Å². The zero-order chi connectivity index (χ0) is 16.5. The van der Waals surface area contributed by atoms with Crippen molar-refractivity contribution in [1.82, 2.24) is 10.6 Å². The standard InChI is InChI=1S/C16H22N2O4/c1-11(2)8-9-17-16(21)18-14(19)10-22-15(20)13-6-4-12(3)5-7-13/h4-7,11H,8-10H2,1-3H3,(H2,17,18,19,21). The van der Waals surface area contributed by atoms with E-state index >= 15 is 0 Å². The number of rotatable bonds is 6. The van der Waals surface area contributed by atoms with Gasteiger partial charge >= 0.3 is 12.0 Å². The number of hydrogen-bond acceptors (Lipinski definition) is 4. The van der Waals surface area contributed by atoms with Gasteiger partial charge in [0.05, 0.1) is 5.56 Å². The van der Waals surface area contributed by atoms with Gasteiger partial charge in [0.1, 0.15) is 0 Å². The van der Waals surface area contributed by atoms with Crippen LogP contribution in [0.1, 0.15) is 36.2 Å². The van der Waals surface area contributed by atoms with Gasteiger partial charge in [-0.05, 0) is 31.4 Å². The van der Waals surface area contributed by atoms with E-state index in [2.05, 4.69) is 10.6 Å². The smallest absolute Gasteiger partial charge is 0.338 e. The van der Waals surface area contributed by atoms with Crippen LogP contribution in [0.25, 0.3) is 0 Å². The highest BCUT2D eigenvalue weighted by atomic mass is 16.5. The summed E-state index contributed by atoms with van der Waals surface area (Å²) in [6, 6.07) is 6.21. The van der Waals surface area contributed by atoms with Gasteiger partial charge in [0.25, 0.3) is 5.91 Å². The summed E-state index contributed by atoms with van der Waals surface area (Å²) in [5.74, 6) is -0.802. The van der Waals surface area contributed by atoms with Crippen molar-refractivity contribution in [2.45, 2.75) is 27.2 Å². The van der Waals surface area contributed by atoms with Crippen LogP contribution in [0.2, 0.25) is 0 Å². The van der Waals surface area contributed by atoms with Crippen LogP contribution in [-0.4, -0.2) is 31.1 Å². The molecule has 0 heterocycles. The molecular weight excluding hydrogens is 284 g/mol. The van der Waals surface area contributed by atoms with Crippen molar-refractivity contribution >= 4 is 17.9 Å². The van der Waals surface area contributed by atoms with E-state index < -0.39 is 24.5 Å². The lowest BCUT2D eigenvalue weighted by atomic mass is 10.1. The van der Waals surface area contributed by atoms with Gasteiger partial charge in [-0.25, -0.2) is 9.59 Å². The second kappa shape index (κ2) is 8.81. The molecule has 0 aromatic heterocycles. The Morgan fingerprint density at radius 2 is 1.77 bits per heavy atom. The lowest BCUT2D eigenvalue weighted by Crippen LogP contribution is -2.41. The number of hydrogen-bond donors (Lipinski definition) is 2. The van der Waals surface area contributed by atoms with Crippen LogP contribution >= 0.6 is 0 Å². The van der Waals surface area contributed by atoms with E-state index in [9.17, 15) is 14.4 Å². The predicted octanol–water partition coefficient (Wildman–Crippen LogP) is 2.02. The second-order valence-electron chi connectivity index (χ2n) is 5.43. The first-order valence-electron chi connectivity index (χ1n) is 7.20. The molecule has 1 rings (SSSR count). The zero-order valence-corrected chi connectivity index (χ0v) is 13.1. The van der Waals surface area contributed by atoms with Crippen LogP contribution in [0.4, 0.5) is 4.79 Å². The molecule has 0 unspecified atom stereocenters. The lowest BCUT2D eigenvalue weighted by molar-refractivity contribution is -0.123. The van der Waals surface area contributed by atoms with Crippen molar-refractivity contribution in [2.75, 3.05) is 13.2 Å². The van der Waals surface area contributed by atoms with E-state index in [1.54, 1.807) is 24.3 Å². The average Bonchev–Trinajstić information content (AvgIpc) is 2.45. The predicted molar refractivity (Wildman–Crippen MR) is 82.5 cm³/mol. The van der Waals surface area contributed by atoms with Gasteiger partial charge in [0.15, 0.2) is 6.61 Å². The Bertz CT molecular complexity index is 523. The summed E-state index contributed by atoms with van der Waals surface area (Å²) in [6.45, 7) is 5.97. The molecule has 0 saturated carbocycles. The fourth-order valence-electron chi connectivity index (χ4n) is 1.59. The van der Waals surface area contributed by atoms with Gasteiger partial charge in [-0.2, -0.15) is 0 Å². The largest absolute Gasteiger partial charge is 0.452 e. The van der Waals surface area contributed by atoms with Gasteiger partial charge in [-0.15, -0.1) is 0 Å². The van der Waals surface area contributed by atoms with E-state index in [0.29, 0.717) is 18.0 Å². The number of amides is 3. The van der Waals surface area contributed by atoms with Gasteiger partial charge in [0, 0.05) is 6.54 Å². The van der Waals surface area contributed by atoms with Crippen molar-refractivity contribution in [1.29, 1.82) is 0 Å². The summed E-state index contributed by atoms with van der Waals surface area (Å²) in [6.07, 6.45) is 0.823. The summed E-state index contributed by atoms with van der Waals surface area (Å²) in [5, 5.41) is 4.66. The van der Waals surface area contributed by atoms with E-state index in [0.717, 1.165) is 12.0 Å². The number of carbonyl (C=O) groups is 3. The molecule has 0 aliphatic heterocycles. The Balaban J connectivity index is 2.29. The van der Waals surface area contributed by atoms with Crippen molar-refractivity contribution in [2.24, 2.45) is 5.92 Å². The van der Waals surface area contributed by atoms with E-state index in [1.165, 1.54) is 0 Å². The molecular formula is C16H22N2O4. The topological polar surface area (TPSA) is 84.5 Å². The van der Waals surface area contributed by atoms with Gasteiger partial charge in [-0.1, -0.05) is 31.5 Å². The Labute approximate surface area is 130 Å². The highest BCUT2D eigenvalue weighted by Crippen LogP contribution is 2.04. The third kappa shape index (κ3) is 6.88. The van der Waals surface area contributed by atoms with Crippen LogP contribution in [0.15, 0.2) is 24.3 Å². The molecule has 1 aromatic rings. The monoisotopic (exact) mass is 306 g/mol. The van der Waals surface area contributed by atoms with E-state index in [1.807, 2.05) is 20.8 Å². The maximum atomic E-state index is 11.7. The highest BCUT2D eigenvalue weighted by Gasteiger charge is 2.12. The first-order valence-corrected chi connectivity index (χ1v) is 7.20. The number of esters is 1. The van der Waals surface area contributed by atoms with Crippen molar-refractivity contribution in [3.05, 3.63) is 35.4 Å². The molecule has 0 spiro atoms. The van der Waals surface area contributed by atoms with Gasteiger partial charge in [0.2, 0.25) is 0 Å². The second-order valence-corrected chi connectivity index (χ2v) is 5.43. The maximum absolute atomic E-state index is 11.7. The number of aryl methyl sites for hydroxylation is 1. The van der Waals surface area contributed by atoms with Crippen LogP contribution in [-0.2, 0) is 9.53 Å². The third-order valence-corrected chi connectivity index (χ3v) is 2.88. The first-order chi connectivity index (χ1) is 10.4. The number of ether oxygens (including phenoxy) is 1. The van der Waals surface area contributed by atoms with E-state index in [-0.39, 0.29) is 0 Å². The average molecular weight is 306 g/mol. The molecule has 3 amide bonds. The quantitative estimate of drug-likeness (QED) is 0.788. The Morgan fingerprint density at radius 1 is 1.14 bits per heavy atom. The maximum Gasteiger partial charge on any atom is 0.338 e. The minimum absolute atomic E-state index is 0.361. The molecule has 0 aliphatic rings. The van der Waals surface area contributed by atoms with Crippen LogP contribution < -0.4 is 10.6 Å². The zero-order valence-electron chi connectivity index (χ0n) is 13.1. The molecule has 0 radical (unpaired) electrons. The normalized spacial score (nSPS) is 10.2. The molecule has 6 nitrogen and oxygen atoms in total. The molecule has 120 valence electrons. The fraction of sp³-hybridized carbons (Fsp3) is 0.438. The number of carbonyl (C=O) groups excluding carboxylic acids is 3. The fourth-order valence-corrected chi connectivity index (χ4v) is 1.59. The van der Waals surface area contributed by atoms with Gasteiger partial charge < -0.3 is 10.1 Å². The molecule has 0 saturated heterocycles. The molecule has 1 aromatic carbocycles. The number of urea groups is 1. The lowest BCUT2D eigenvalue weighted by Gasteiger charge is -2.08. The molecule has 6 heteroatoms. The summed E-state index contributed by atoms with van der Waals surface area (Å²) < 4.78 is 4.84. The van der Waals surface area contributed by atoms with Crippen molar-refractivity contribution < 1.29 is 19.1 Å². The molecule has 0 aliphatic carbocycles. The first kappa shape index (κ1) is 17.7. The summed E-state index contributed by atoms with van der Waals surface area (Å²) in [4.78, 5) is 34.6. The highest BCUT2D eigenvalue weighted by molar-refractivity contribution is 5.96. The Hall–Kier alpha value is -2.37.